The summed E-state index contributed by atoms with van der Waals surface area (Å²) < 4.78 is 5.94. The molecular weight excluding hydrogens is 303 g/mol. The number of nitrogens with one attached hydrogen (secondary N) is 1. The lowest BCUT2D eigenvalue weighted by atomic mass is 9.79. The van der Waals surface area contributed by atoms with Crippen molar-refractivity contribution >= 4 is 46.6 Å². The van der Waals surface area contributed by atoms with E-state index in [-0.39, 0.29) is 0 Å². The van der Waals surface area contributed by atoms with E-state index in [0.717, 1.165) is 46.4 Å². The highest BCUT2D eigenvalue weighted by Gasteiger charge is 2.27. The molecule has 1 heterocycles. The first-order valence-corrected chi connectivity index (χ1v) is 8.62. The van der Waals surface area contributed by atoms with E-state index < -0.39 is 7.12 Å². The van der Waals surface area contributed by atoms with Crippen LogP contribution in [0.15, 0.2) is 18.2 Å². The fourth-order valence-electron chi connectivity index (χ4n) is 2.25. The Kier molecular flexibility index (Phi) is 6.51. The summed E-state index contributed by atoms with van der Waals surface area (Å²) in [6, 6.07) is 5.85. The zero-order valence-electron chi connectivity index (χ0n) is 12.5. The number of fused-ring (bicyclic) bond motifs is 1. The van der Waals surface area contributed by atoms with E-state index >= 15 is 0 Å². The smallest absolute Gasteiger partial charge is 0.423 e. The molecule has 0 saturated heterocycles. The zero-order valence-corrected chi connectivity index (χ0v) is 14.1. The van der Waals surface area contributed by atoms with Gasteiger partial charge in [0.15, 0.2) is 0 Å². The normalized spacial score (nSPS) is 13.6. The first-order chi connectivity index (χ1) is 10.1. The maximum Gasteiger partial charge on any atom is 0.491 e. The van der Waals surface area contributed by atoms with Gasteiger partial charge in [0, 0.05) is 18.0 Å². The number of hydrogen-bond acceptors (Lipinski definition) is 5. The molecule has 2 N–H and O–H groups in total. The largest absolute Gasteiger partial charge is 0.491 e. The standard InChI is InChI=1S/C14H21BN2O2S2/c1-3-17(4-2)7-8-21-14(20)16-12-6-5-11-10-19-15(18)13(11)9-12/h5-6,9,18H,3-4,7-8,10H2,1-2H3,(H,16,20). The molecule has 1 aromatic carbocycles. The maximum absolute atomic E-state index is 9.70. The molecule has 0 aliphatic carbocycles. The fourth-order valence-corrected chi connectivity index (χ4v) is 3.35. The molecular formula is C14H21BN2O2S2. The van der Waals surface area contributed by atoms with Gasteiger partial charge >= 0.3 is 7.12 Å². The SMILES string of the molecule is CCN(CC)CCSC(=S)Nc1ccc2c(c1)B(O)OC2. The Morgan fingerprint density at radius 2 is 2.24 bits per heavy atom. The molecule has 0 saturated carbocycles. The van der Waals surface area contributed by atoms with Crippen LogP contribution in [0.5, 0.6) is 0 Å². The molecule has 1 aliphatic rings. The van der Waals surface area contributed by atoms with Gasteiger partial charge in [-0.3, -0.25) is 0 Å². The Labute approximate surface area is 136 Å². The summed E-state index contributed by atoms with van der Waals surface area (Å²) in [5.41, 5.74) is 2.77. The summed E-state index contributed by atoms with van der Waals surface area (Å²) in [6.07, 6.45) is 0. The molecule has 7 heteroatoms. The third-order valence-electron chi connectivity index (χ3n) is 3.59. The van der Waals surface area contributed by atoms with Gasteiger partial charge in [0.2, 0.25) is 0 Å². The summed E-state index contributed by atoms with van der Waals surface area (Å²) in [5, 5.41) is 12.9. The average Bonchev–Trinajstić information content (AvgIpc) is 2.85. The molecule has 0 atom stereocenters. The van der Waals surface area contributed by atoms with Gasteiger partial charge in [-0.2, -0.15) is 0 Å². The molecule has 0 unspecified atom stereocenters. The minimum absolute atomic E-state index is 0.472. The van der Waals surface area contributed by atoms with Crippen LogP contribution in [0.2, 0.25) is 0 Å². The molecule has 1 aromatic rings. The van der Waals surface area contributed by atoms with E-state index in [1.54, 1.807) is 11.8 Å². The van der Waals surface area contributed by atoms with Gasteiger partial charge in [0.25, 0.3) is 0 Å². The molecule has 1 aliphatic heterocycles. The third kappa shape index (κ3) is 4.69. The minimum Gasteiger partial charge on any atom is -0.423 e. The van der Waals surface area contributed by atoms with E-state index in [1.807, 2.05) is 18.2 Å². The van der Waals surface area contributed by atoms with Crippen molar-refractivity contribution in [1.82, 2.24) is 4.90 Å². The Hall–Kier alpha value is -0.595. The van der Waals surface area contributed by atoms with Gasteiger partial charge in [-0.15, -0.1) is 0 Å². The van der Waals surface area contributed by atoms with Gasteiger partial charge in [0.1, 0.15) is 4.32 Å². The summed E-state index contributed by atoms with van der Waals surface area (Å²) in [5.74, 6) is 0.976. The Balaban J connectivity index is 1.82. The van der Waals surface area contributed by atoms with Crippen LogP contribution in [0.3, 0.4) is 0 Å². The van der Waals surface area contributed by atoms with Gasteiger partial charge < -0.3 is 19.9 Å². The van der Waals surface area contributed by atoms with Crippen LogP contribution in [0.1, 0.15) is 19.4 Å². The Morgan fingerprint density at radius 1 is 1.48 bits per heavy atom. The van der Waals surface area contributed by atoms with Crippen LogP contribution in [0.25, 0.3) is 0 Å². The lowest BCUT2D eigenvalue weighted by molar-refractivity contribution is 0.275. The number of rotatable bonds is 6. The Bertz CT molecular complexity index is 498. The van der Waals surface area contributed by atoms with Crippen molar-refractivity contribution in [3.8, 4) is 0 Å². The van der Waals surface area contributed by atoms with Crippen molar-refractivity contribution in [2.45, 2.75) is 20.5 Å². The third-order valence-corrected chi connectivity index (χ3v) is 4.80. The average molecular weight is 324 g/mol. The van der Waals surface area contributed by atoms with Crippen molar-refractivity contribution in [2.24, 2.45) is 0 Å². The second-order valence-corrected chi connectivity index (χ2v) is 6.64. The highest BCUT2D eigenvalue weighted by Crippen LogP contribution is 2.16. The first-order valence-electron chi connectivity index (χ1n) is 7.22. The summed E-state index contributed by atoms with van der Waals surface area (Å²) in [4.78, 5) is 2.37. The number of benzene rings is 1. The number of thiocarbonyl (C=S) groups is 1. The molecule has 0 fully saturated rings. The predicted molar refractivity (Wildman–Crippen MR) is 95.3 cm³/mol. The van der Waals surface area contributed by atoms with Crippen molar-refractivity contribution in [2.75, 3.05) is 30.7 Å². The monoisotopic (exact) mass is 324 g/mol. The van der Waals surface area contributed by atoms with E-state index in [2.05, 4.69) is 24.1 Å². The summed E-state index contributed by atoms with van der Waals surface area (Å²) in [6.45, 7) is 7.99. The molecule has 0 radical (unpaired) electrons. The number of thioether (sulfide) groups is 1. The molecule has 0 spiro atoms. The number of hydrogen-bond donors (Lipinski definition) is 2. The van der Waals surface area contributed by atoms with Gasteiger partial charge in [-0.1, -0.05) is 43.9 Å². The van der Waals surface area contributed by atoms with Crippen molar-refractivity contribution < 1.29 is 9.68 Å². The van der Waals surface area contributed by atoms with Crippen LogP contribution in [0.4, 0.5) is 5.69 Å². The molecule has 114 valence electrons. The van der Waals surface area contributed by atoms with Crippen LogP contribution in [0, 0.1) is 0 Å². The topological polar surface area (TPSA) is 44.7 Å². The minimum atomic E-state index is -0.814. The van der Waals surface area contributed by atoms with Crippen molar-refractivity contribution in [3.05, 3.63) is 23.8 Å². The molecule has 0 amide bonds. The van der Waals surface area contributed by atoms with Gasteiger partial charge in [0.05, 0.1) is 6.61 Å². The molecule has 0 bridgehead atoms. The van der Waals surface area contributed by atoms with Crippen LogP contribution >= 0.6 is 24.0 Å². The first kappa shape index (κ1) is 16.8. The van der Waals surface area contributed by atoms with Gasteiger partial charge in [-0.05, 0) is 36.2 Å². The van der Waals surface area contributed by atoms with Crippen LogP contribution in [-0.2, 0) is 11.3 Å². The van der Waals surface area contributed by atoms with E-state index in [9.17, 15) is 5.02 Å². The zero-order chi connectivity index (χ0) is 15.2. The second-order valence-electron chi connectivity index (χ2n) is 4.86. The van der Waals surface area contributed by atoms with Crippen LogP contribution in [-0.4, -0.2) is 46.7 Å². The van der Waals surface area contributed by atoms with Gasteiger partial charge in [-0.25, -0.2) is 0 Å². The van der Waals surface area contributed by atoms with Crippen molar-refractivity contribution in [1.29, 1.82) is 0 Å². The summed E-state index contributed by atoms with van der Waals surface area (Å²) >= 11 is 7.01. The lowest BCUT2D eigenvalue weighted by Gasteiger charge is -2.17. The molecule has 4 nitrogen and oxygen atoms in total. The predicted octanol–water partition coefficient (Wildman–Crippen LogP) is 1.68. The number of anilines is 1. The van der Waals surface area contributed by atoms with Crippen LogP contribution < -0.4 is 10.8 Å². The van der Waals surface area contributed by atoms with E-state index in [1.165, 1.54) is 0 Å². The van der Waals surface area contributed by atoms with E-state index in [0.29, 0.717) is 6.61 Å². The summed E-state index contributed by atoms with van der Waals surface area (Å²) in [7, 11) is -0.814. The quantitative estimate of drug-likeness (QED) is 0.613. The highest BCUT2D eigenvalue weighted by molar-refractivity contribution is 8.23. The molecule has 21 heavy (non-hydrogen) atoms. The van der Waals surface area contributed by atoms with E-state index in [4.69, 9.17) is 16.9 Å². The Morgan fingerprint density at radius 3 is 2.95 bits per heavy atom. The van der Waals surface area contributed by atoms with Crippen molar-refractivity contribution in [3.63, 3.8) is 0 Å². The lowest BCUT2D eigenvalue weighted by Crippen LogP contribution is -2.28. The molecule has 2 rings (SSSR count). The fraction of sp³-hybridized carbons (Fsp3) is 0.500. The number of nitrogens with zero attached hydrogens (tertiary/aromatic N) is 1. The maximum atomic E-state index is 9.70. The highest BCUT2D eigenvalue weighted by atomic mass is 32.2. The molecule has 0 aromatic heterocycles. The second kappa shape index (κ2) is 8.15.